The molecule has 0 radical (unpaired) electrons. The van der Waals surface area contributed by atoms with E-state index in [1.165, 1.54) is 12.7 Å². The Hall–Kier alpha value is -3.27. The maximum Gasteiger partial charge on any atom is 0.321 e. The number of carbonyl (C=O) groups is 1. The number of hydrogen-bond donors (Lipinski definition) is 3. The Morgan fingerprint density at radius 1 is 1.31 bits per heavy atom. The summed E-state index contributed by atoms with van der Waals surface area (Å²) in [6.07, 6.45) is 5.69. The number of aliphatic hydroxyl groups is 1. The number of fused-ring (bicyclic) bond motifs is 1. The van der Waals surface area contributed by atoms with Gasteiger partial charge < -0.3 is 25.0 Å². The van der Waals surface area contributed by atoms with Crippen molar-refractivity contribution >= 4 is 22.9 Å². The maximum absolute atomic E-state index is 12.7. The van der Waals surface area contributed by atoms with Gasteiger partial charge in [0.2, 0.25) is 11.8 Å². The van der Waals surface area contributed by atoms with E-state index in [-0.39, 0.29) is 11.8 Å². The average Bonchev–Trinajstić information content (AvgIpc) is 3.22. The Morgan fingerprint density at radius 2 is 2.06 bits per heavy atom. The van der Waals surface area contributed by atoms with Crippen molar-refractivity contribution in [3.63, 3.8) is 0 Å². The lowest BCUT2D eigenvalue weighted by Gasteiger charge is -2.32. The fraction of sp³-hybridized carbons (Fsp3) is 0.500. The highest BCUT2D eigenvalue weighted by molar-refractivity contribution is 5.91. The van der Waals surface area contributed by atoms with Crippen LogP contribution in [0.15, 0.2) is 24.5 Å². The van der Waals surface area contributed by atoms with E-state index in [2.05, 4.69) is 42.5 Å². The minimum absolute atomic E-state index is 0.0345. The molecule has 10 heteroatoms. The van der Waals surface area contributed by atoms with Gasteiger partial charge in [0.15, 0.2) is 0 Å². The fourth-order valence-corrected chi connectivity index (χ4v) is 3.82. The number of anilines is 1. The summed E-state index contributed by atoms with van der Waals surface area (Å²) in [5, 5.41) is 14.0. The number of nitrogens with zero attached hydrogens (tertiary/aromatic N) is 5. The molecule has 3 aromatic rings. The topological polar surface area (TPSA) is 129 Å². The van der Waals surface area contributed by atoms with Crippen LogP contribution in [0.5, 0.6) is 6.01 Å². The van der Waals surface area contributed by atoms with Crippen molar-refractivity contribution < 1.29 is 14.6 Å². The zero-order valence-electron chi connectivity index (χ0n) is 18.8. The molecule has 1 aliphatic heterocycles. The first kappa shape index (κ1) is 21.9. The van der Waals surface area contributed by atoms with Gasteiger partial charge in [0, 0.05) is 30.9 Å². The molecule has 1 amide bonds. The lowest BCUT2D eigenvalue weighted by molar-refractivity contribution is 0.0405. The number of rotatable bonds is 6. The van der Waals surface area contributed by atoms with Crippen LogP contribution in [0.25, 0.3) is 11.0 Å². The van der Waals surface area contributed by atoms with Crippen LogP contribution in [0.1, 0.15) is 55.7 Å². The monoisotopic (exact) mass is 439 g/mol. The molecule has 4 heterocycles. The molecule has 0 saturated carbocycles. The molecule has 3 N–H and O–H groups in total. The van der Waals surface area contributed by atoms with Crippen molar-refractivity contribution in [1.82, 2.24) is 30.2 Å². The number of ether oxygens (including phenoxy) is 1. The first-order chi connectivity index (χ1) is 15.3. The molecule has 1 fully saturated rings. The first-order valence-corrected chi connectivity index (χ1v) is 10.8. The van der Waals surface area contributed by atoms with E-state index < -0.39 is 17.6 Å². The molecule has 170 valence electrons. The molecule has 1 atom stereocenters. The van der Waals surface area contributed by atoms with E-state index >= 15 is 0 Å². The van der Waals surface area contributed by atoms with Crippen LogP contribution >= 0.6 is 0 Å². The van der Waals surface area contributed by atoms with Crippen LogP contribution in [0.2, 0.25) is 0 Å². The minimum atomic E-state index is -1.07. The molecule has 0 bridgehead atoms. The Morgan fingerprint density at radius 3 is 2.75 bits per heavy atom. The highest BCUT2D eigenvalue weighted by Gasteiger charge is 2.28. The van der Waals surface area contributed by atoms with Crippen molar-refractivity contribution in [1.29, 1.82) is 0 Å². The predicted molar refractivity (Wildman–Crippen MR) is 120 cm³/mol. The van der Waals surface area contributed by atoms with Gasteiger partial charge in [-0.05, 0) is 57.2 Å². The van der Waals surface area contributed by atoms with Gasteiger partial charge in [-0.25, -0.2) is 4.98 Å². The van der Waals surface area contributed by atoms with Gasteiger partial charge in [-0.1, -0.05) is 0 Å². The van der Waals surface area contributed by atoms with E-state index in [4.69, 9.17) is 4.74 Å². The first-order valence-electron chi connectivity index (χ1n) is 10.8. The van der Waals surface area contributed by atoms with Crippen LogP contribution < -0.4 is 15.0 Å². The van der Waals surface area contributed by atoms with Crippen molar-refractivity contribution in [2.24, 2.45) is 0 Å². The summed E-state index contributed by atoms with van der Waals surface area (Å²) in [6, 6.07) is 3.65. The quantitative estimate of drug-likeness (QED) is 0.532. The Balaban J connectivity index is 1.49. The smallest absolute Gasteiger partial charge is 0.321 e. The third-order valence-corrected chi connectivity index (χ3v) is 6.10. The molecular weight excluding hydrogens is 410 g/mol. The van der Waals surface area contributed by atoms with Gasteiger partial charge in [-0.3, -0.25) is 4.79 Å². The molecule has 0 aromatic carbocycles. The molecule has 0 spiro atoms. The van der Waals surface area contributed by atoms with Crippen molar-refractivity contribution in [2.75, 3.05) is 25.1 Å². The predicted octanol–water partition coefficient (Wildman–Crippen LogP) is 2.03. The van der Waals surface area contributed by atoms with Crippen LogP contribution in [0.3, 0.4) is 0 Å². The lowest BCUT2D eigenvalue weighted by atomic mass is 9.89. The van der Waals surface area contributed by atoms with Gasteiger partial charge in [-0.15, -0.1) is 0 Å². The van der Waals surface area contributed by atoms with E-state index in [0.717, 1.165) is 37.0 Å². The molecule has 1 unspecified atom stereocenters. The fourth-order valence-electron chi connectivity index (χ4n) is 3.82. The average molecular weight is 440 g/mol. The van der Waals surface area contributed by atoms with Crippen LogP contribution in [-0.2, 0) is 0 Å². The van der Waals surface area contributed by atoms with Crippen molar-refractivity contribution in [2.45, 2.75) is 51.2 Å². The van der Waals surface area contributed by atoms with E-state index in [1.807, 2.05) is 11.0 Å². The number of hydrogen-bond acceptors (Lipinski definition) is 8. The highest BCUT2D eigenvalue weighted by atomic mass is 16.5. The second kappa shape index (κ2) is 8.70. The summed E-state index contributed by atoms with van der Waals surface area (Å²) in [7, 11) is 1.46. The van der Waals surface area contributed by atoms with Crippen LogP contribution in [0, 0.1) is 0 Å². The van der Waals surface area contributed by atoms with Crippen LogP contribution in [0.4, 0.5) is 5.95 Å². The van der Waals surface area contributed by atoms with Crippen molar-refractivity contribution in [3.8, 4) is 6.01 Å². The summed E-state index contributed by atoms with van der Waals surface area (Å²) < 4.78 is 5.21. The number of methoxy groups -OCH3 is 1. The molecule has 1 saturated heterocycles. The molecule has 32 heavy (non-hydrogen) atoms. The number of carbonyl (C=O) groups excluding carboxylic acids is 1. The van der Waals surface area contributed by atoms with E-state index in [1.54, 1.807) is 27.0 Å². The Kier molecular flexibility index (Phi) is 5.96. The molecule has 1 aliphatic rings. The third kappa shape index (κ3) is 4.50. The van der Waals surface area contributed by atoms with Gasteiger partial charge in [0.25, 0.3) is 5.91 Å². The van der Waals surface area contributed by atoms with E-state index in [9.17, 15) is 9.90 Å². The summed E-state index contributed by atoms with van der Waals surface area (Å²) in [4.78, 5) is 35.2. The molecule has 0 aliphatic carbocycles. The number of nitrogens with one attached hydrogen (secondary N) is 2. The zero-order valence-corrected chi connectivity index (χ0v) is 18.8. The summed E-state index contributed by atoms with van der Waals surface area (Å²) in [5.41, 5.74) is 1.11. The second-order valence-electron chi connectivity index (χ2n) is 8.70. The zero-order chi connectivity index (χ0) is 22.9. The Bertz CT molecular complexity index is 1100. The Labute approximate surface area is 186 Å². The number of piperidine rings is 1. The van der Waals surface area contributed by atoms with Gasteiger partial charge >= 0.3 is 6.01 Å². The van der Waals surface area contributed by atoms with Gasteiger partial charge in [-0.2, -0.15) is 15.0 Å². The number of amides is 1. The highest BCUT2D eigenvalue weighted by Crippen LogP contribution is 2.33. The SMILES string of the molecule is COc1nc(C(=O)NC(C)C(C)(C)O)nc(N2CCC(c3c[nH]c4ncccc34)CC2)n1. The largest absolute Gasteiger partial charge is 0.467 e. The van der Waals surface area contributed by atoms with Crippen LogP contribution in [-0.4, -0.2) is 67.8 Å². The molecule has 10 nitrogen and oxygen atoms in total. The number of H-pyrrole nitrogens is 1. The standard InChI is InChI=1S/C22H29N7O3/c1-13(22(2,3)31)25-19(30)18-26-20(28-21(27-18)32-4)29-10-7-14(8-11-29)16-12-24-17-15(16)6-5-9-23-17/h5-6,9,12-14,31H,7-8,10-11H2,1-4H3,(H,23,24)(H,25,30). The molecule has 3 aromatic heterocycles. The summed E-state index contributed by atoms with van der Waals surface area (Å²) in [6.45, 7) is 6.47. The summed E-state index contributed by atoms with van der Waals surface area (Å²) in [5.74, 6) is 0.302. The number of aromatic nitrogens is 5. The van der Waals surface area contributed by atoms with Crippen molar-refractivity contribution in [3.05, 3.63) is 35.9 Å². The number of pyridine rings is 1. The second-order valence-corrected chi connectivity index (χ2v) is 8.70. The number of aromatic amines is 1. The lowest BCUT2D eigenvalue weighted by Crippen LogP contribution is -2.47. The molecule has 4 rings (SSSR count). The van der Waals surface area contributed by atoms with E-state index in [0.29, 0.717) is 11.9 Å². The third-order valence-electron chi connectivity index (χ3n) is 6.10. The maximum atomic E-state index is 12.7. The van der Waals surface area contributed by atoms with Gasteiger partial charge in [0.05, 0.1) is 18.8 Å². The normalized spacial score (nSPS) is 16.2. The molecular formula is C22H29N7O3. The van der Waals surface area contributed by atoms with Gasteiger partial charge in [0.1, 0.15) is 5.65 Å². The minimum Gasteiger partial charge on any atom is -0.467 e. The summed E-state index contributed by atoms with van der Waals surface area (Å²) >= 11 is 0.